The second-order valence-corrected chi connectivity index (χ2v) is 5.21. The van der Waals surface area contributed by atoms with Crippen LogP contribution in [0.25, 0.3) is 0 Å². The first-order valence-electron chi connectivity index (χ1n) is 7.29. The molecule has 1 saturated heterocycles. The number of rotatable bonds is 8. The average Bonchev–Trinajstić information content (AvgIpc) is 2.82. The molecule has 18 heavy (non-hydrogen) atoms. The smallest absolute Gasteiger partial charge is 0.309 e. The summed E-state index contributed by atoms with van der Waals surface area (Å²) in [5.74, 6) is -0.101. The second kappa shape index (κ2) is 8.48. The zero-order chi connectivity index (χ0) is 13.4. The molecule has 1 heterocycles. The summed E-state index contributed by atoms with van der Waals surface area (Å²) in [6, 6.07) is 0.603. The normalized spacial score (nSPS) is 21.2. The summed E-state index contributed by atoms with van der Waals surface area (Å²) in [5.41, 5.74) is 0. The van der Waals surface area contributed by atoms with Gasteiger partial charge in [-0.3, -0.25) is 4.79 Å². The molecule has 0 aromatic carbocycles. The third-order valence-electron chi connectivity index (χ3n) is 3.40. The van der Waals surface area contributed by atoms with Crippen LogP contribution in [0.3, 0.4) is 0 Å². The Balaban J connectivity index is 2.37. The van der Waals surface area contributed by atoms with E-state index in [-0.39, 0.29) is 11.9 Å². The molecule has 0 bridgehead atoms. The molecule has 2 atom stereocenters. The van der Waals surface area contributed by atoms with Gasteiger partial charge in [-0.1, -0.05) is 13.8 Å². The molecule has 1 N–H and O–H groups in total. The highest BCUT2D eigenvalue weighted by Crippen LogP contribution is 2.10. The van der Waals surface area contributed by atoms with Crippen LogP contribution in [0, 0.1) is 5.92 Å². The minimum Gasteiger partial charge on any atom is -0.466 e. The molecule has 2 unspecified atom stereocenters. The first kappa shape index (κ1) is 15.4. The first-order valence-corrected chi connectivity index (χ1v) is 7.29. The largest absolute Gasteiger partial charge is 0.466 e. The summed E-state index contributed by atoms with van der Waals surface area (Å²) in [4.78, 5) is 14.0. The summed E-state index contributed by atoms with van der Waals surface area (Å²) in [7, 11) is 0. The standard InChI is InChI=1S/C14H28N2O2/c1-4-9-16(11-13-7-6-8-15-13)10-12(3)14(17)18-5-2/h12-13,15H,4-11H2,1-3H3. The van der Waals surface area contributed by atoms with E-state index in [0.717, 1.165) is 32.6 Å². The van der Waals surface area contributed by atoms with Gasteiger partial charge >= 0.3 is 5.97 Å². The van der Waals surface area contributed by atoms with E-state index in [1.807, 2.05) is 13.8 Å². The quantitative estimate of drug-likeness (QED) is 0.671. The van der Waals surface area contributed by atoms with Crippen LogP contribution in [-0.4, -0.2) is 49.7 Å². The monoisotopic (exact) mass is 256 g/mol. The van der Waals surface area contributed by atoms with Crippen molar-refractivity contribution in [3.63, 3.8) is 0 Å². The summed E-state index contributed by atoms with van der Waals surface area (Å²) in [6.07, 6.45) is 3.66. The molecule has 0 aliphatic carbocycles. The van der Waals surface area contributed by atoms with Gasteiger partial charge in [-0.15, -0.1) is 0 Å². The van der Waals surface area contributed by atoms with Crippen molar-refractivity contribution in [2.45, 2.75) is 46.1 Å². The van der Waals surface area contributed by atoms with Crippen molar-refractivity contribution in [2.24, 2.45) is 5.92 Å². The summed E-state index contributed by atoms with van der Waals surface area (Å²) in [5, 5.41) is 3.52. The lowest BCUT2D eigenvalue weighted by Crippen LogP contribution is -2.41. The number of esters is 1. The molecule has 4 nitrogen and oxygen atoms in total. The predicted octanol–water partition coefficient (Wildman–Crippen LogP) is 1.65. The van der Waals surface area contributed by atoms with E-state index in [0.29, 0.717) is 12.6 Å². The average molecular weight is 256 g/mol. The molecule has 1 rings (SSSR count). The maximum Gasteiger partial charge on any atom is 0.309 e. The van der Waals surface area contributed by atoms with Gasteiger partial charge < -0.3 is 15.0 Å². The molecule has 0 saturated carbocycles. The molecular weight excluding hydrogens is 228 g/mol. The Morgan fingerprint density at radius 2 is 2.28 bits per heavy atom. The molecule has 1 fully saturated rings. The molecule has 1 aliphatic heterocycles. The highest BCUT2D eigenvalue weighted by atomic mass is 16.5. The summed E-state index contributed by atoms with van der Waals surface area (Å²) in [6.45, 7) is 10.5. The summed E-state index contributed by atoms with van der Waals surface area (Å²) < 4.78 is 5.07. The Labute approximate surface area is 111 Å². The van der Waals surface area contributed by atoms with Crippen LogP contribution < -0.4 is 5.32 Å². The number of nitrogens with one attached hydrogen (secondary N) is 1. The fourth-order valence-corrected chi connectivity index (χ4v) is 2.54. The van der Waals surface area contributed by atoms with E-state index >= 15 is 0 Å². The van der Waals surface area contributed by atoms with Gasteiger partial charge in [-0.25, -0.2) is 0 Å². The lowest BCUT2D eigenvalue weighted by Gasteiger charge is -2.27. The van der Waals surface area contributed by atoms with Crippen LogP contribution in [0.1, 0.15) is 40.0 Å². The first-order chi connectivity index (χ1) is 8.67. The Kier molecular flexibility index (Phi) is 7.28. The molecule has 1 aliphatic rings. The maximum atomic E-state index is 11.7. The second-order valence-electron chi connectivity index (χ2n) is 5.21. The van der Waals surface area contributed by atoms with E-state index in [1.54, 1.807) is 0 Å². The third kappa shape index (κ3) is 5.36. The number of carbonyl (C=O) groups excluding carboxylic acids is 1. The number of carbonyl (C=O) groups is 1. The van der Waals surface area contributed by atoms with Crippen molar-refractivity contribution in [3.05, 3.63) is 0 Å². The van der Waals surface area contributed by atoms with E-state index in [2.05, 4.69) is 17.1 Å². The molecule has 0 radical (unpaired) electrons. The van der Waals surface area contributed by atoms with Crippen LogP contribution >= 0.6 is 0 Å². The van der Waals surface area contributed by atoms with Gasteiger partial charge in [0.25, 0.3) is 0 Å². The molecule has 0 spiro atoms. The van der Waals surface area contributed by atoms with Crippen LogP contribution in [0.4, 0.5) is 0 Å². The molecule has 106 valence electrons. The molecule has 0 amide bonds. The fourth-order valence-electron chi connectivity index (χ4n) is 2.54. The highest BCUT2D eigenvalue weighted by molar-refractivity contribution is 5.72. The number of ether oxygens (including phenoxy) is 1. The zero-order valence-electron chi connectivity index (χ0n) is 12.1. The SMILES string of the molecule is CCCN(CC1CCCN1)CC(C)C(=O)OCC. The van der Waals surface area contributed by atoms with Gasteiger partial charge in [0.05, 0.1) is 12.5 Å². The lowest BCUT2D eigenvalue weighted by molar-refractivity contribution is -0.148. The van der Waals surface area contributed by atoms with E-state index in [4.69, 9.17) is 4.74 Å². The number of hydrogen-bond donors (Lipinski definition) is 1. The molecule has 0 aromatic heterocycles. The van der Waals surface area contributed by atoms with Gasteiger partial charge in [-0.05, 0) is 39.3 Å². The van der Waals surface area contributed by atoms with E-state index in [9.17, 15) is 4.79 Å². The minimum absolute atomic E-state index is 0.0297. The zero-order valence-corrected chi connectivity index (χ0v) is 12.1. The number of hydrogen-bond acceptors (Lipinski definition) is 4. The molecule has 4 heteroatoms. The molecule has 0 aromatic rings. The minimum atomic E-state index is -0.0713. The highest BCUT2D eigenvalue weighted by Gasteiger charge is 2.21. The van der Waals surface area contributed by atoms with Crippen molar-refractivity contribution >= 4 is 5.97 Å². The van der Waals surface area contributed by atoms with Crippen LogP contribution in [0.15, 0.2) is 0 Å². The van der Waals surface area contributed by atoms with Gasteiger partial charge in [-0.2, -0.15) is 0 Å². The Hall–Kier alpha value is -0.610. The van der Waals surface area contributed by atoms with E-state index in [1.165, 1.54) is 12.8 Å². The van der Waals surface area contributed by atoms with E-state index < -0.39 is 0 Å². The van der Waals surface area contributed by atoms with Gasteiger partial charge in [0, 0.05) is 19.1 Å². The topological polar surface area (TPSA) is 41.6 Å². The van der Waals surface area contributed by atoms with Gasteiger partial charge in [0.2, 0.25) is 0 Å². The van der Waals surface area contributed by atoms with Crippen LogP contribution in [0.2, 0.25) is 0 Å². The Morgan fingerprint density at radius 1 is 1.50 bits per heavy atom. The Bertz CT molecular complexity index is 240. The molecular formula is C14H28N2O2. The maximum absolute atomic E-state index is 11.7. The van der Waals surface area contributed by atoms with Crippen molar-refractivity contribution in [1.29, 1.82) is 0 Å². The number of nitrogens with zero attached hydrogens (tertiary/aromatic N) is 1. The van der Waals surface area contributed by atoms with Crippen molar-refractivity contribution < 1.29 is 9.53 Å². The van der Waals surface area contributed by atoms with Gasteiger partial charge in [0.1, 0.15) is 0 Å². The predicted molar refractivity (Wildman–Crippen MR) is 73.6 cm³/mol. The lowest BCUT2D eigenvalue weighted by atomic mass is 10.1. The van der Waals surface area contributed by atoms with Crippen molar-refractivity contribution in [2.75, 3.05) is 32.8 Å². The van der Waals surface area contributed by atoms with Crippen molar-refractivity contribution in [1.82, 2.24) is 10.2 Å². The Morgan fingerprint density at radius 3 is 2.83 bits per heavy atom. The van der Waals surface area contributed by atoms with Crippen LogP contribution in [0.5, 0.6) is 0 Å². The fraction of sp³-hybridized carbons (Fsp3) is 0.929. The van der Waals surface area contributed by atoms with Crippen LogP contribution in [-0.2, 0) is 9.53 Å². The summed E-state index contributed by atoms with van der Waals surface area (Å²) >= 11 is 0. The third-order valence-corrected chi connectivity index (χ3v) is 3.40. The van der Waals surface area contributed by atoms with Gasteiger partial charge in [0.15, 0.2) is 0 Å². The van der Waals surface area contributed by atoms with Crippen molar-refractivity contribution in [3.8, 4) is 0 Å².